The van der Waals surface area contributed by atoms with Crippen LogP contribution in [-0.2, 0) is 10.0 Å². The first-order valence-corrected chi connectivity index (χ1v) is 9.43. The number of rotatable bonds is 4. The Morgan fingerprint density at radius 2 is 1.87 bits per heavy atom. The fourth-order valence-electron chi connectivity index (χ4n) is 1.85. The summed E-state index contributed by atoms with van der Waals surface area (Å²) < 4.78 is 26.4. The normalized spacial score (nSPS) is 11.7. The second-order valence-electron chi connectivity index (χ2n) is 4.96. The molecule has 1 N–H and O–H groups in total. The highest BCUT2D eigenvalue weighted by Gasteiger charge is 2.21. The standard InChI is InChI=1S/C14H14Cl2N2O3S2/c1-8-4-5-9(6-11(8)23(20,21)18(2)3)17-14(19)10-7-12(15)22-13(10)16/h4-7H,1-3H3,(H,17,19). The molecule has 9 heteroatoms. The largest absolute Gasteiger partial charge is 0.322 e. The van der Waals surface area contributed by atoms with Gasteiger partial charge in [0.25, 0.3) is 5.91 Å². The lowest BCUT2D eigenvalue weighted by atomic mass is 10.2. The Morgan fingerprint density at radius 1 is 1.22 bits per heavy atom. The molecular formula is C14H14Cl2N2O3S2. The van der Waals surface area contributed by atoms with Crippen LogP contribution >= 0.6 is 34.5 Å². The fourth-order valence-corrected chi connectivity index (χ4v) is 4.45. The van der Waals surface area contributed by atoms with Crippen molar-refractivity contribution in [2.75, 3.05) is 19.4 Å². The zero-order valence-corrected chi connectivity index (χ0v) is 15.7. The van der Waals surface area contributed by atoms with Crippen molar-refractivity contribution in [3.63, 3.8) is 0 Å². The molecule has 0 atom stereocenters. The van der Waals surface area contributed by atoms with Crippen LogP contribution in [0.5, 0.6) is 0 Å². The summed E-state index contributed by atoms with van der Waals surface area (Å²) in [5, 5.41) is 2.63. The lowest BCUT2D eigenvalue weighted by molar-refractivity contribution is 0.102. The fraction of sp³-hybridized carbons (Fsp3) is 0.214. The van der Waals surface area contributed by atoms with E-state index in [2.05, 4.69) is 5.32 Å². The maximum atomic E-state index is 12.3. The molecule has 0 aliphatic heterocycles. The molecule has 0 aliphatic rings. The van der Waals surface area contributed by atoms with E-state index in [1.54, 1.807) is 19.1 Å². The minimum atomic E-state index is -3.60. The van der Waals surface area contributed by atoms with E-state index in [9.17, 15) is 13.2 Å². The van der Waals surface area contributed by atoms with Gasteiger partial charge in [-0.2, -0.15) is 0 Å². The molecule has 0 fully saturated rings. The van der Waals surface area contributed by atoms with Gasteiger partial charge in [-0.25, -0.2) is 12.7 Å². The molecule has 0 radical (unpaired) electrons. The molecule has 23 heavy (non-hydrogen) atoms. The Hall–Kier alpha value is -1.12. The third-order valence-corrected chi connectivity index (χ3v) is 6.55. The van der Waals surface area contributed by atoms with Crippen molar-refractivity contribution in [1.82, 2.24) is 4.31 Å². The molecule has 0 spiro atoms. The molecule has 124 valence electrons. The van der Waals surface area contributed by atoms with Crippen LogP contribution in [0.15, 0.2) is 29.2 Å². The predicted molar refractivity (Wildman–Crippen MR) is 94.3 cm³/mol. The van der Waals surface area contributed by atoms with Crippen LogP contribution in [-0.4, -0.2) is 32.7 Å². The molecule has 1 heterocycles. The number of sulfonamides is 1. The summed E-state index contributed by atoms with van der Waals surface area (Å²) in [5.74, 6) is -0.449. The van der Waals surface area contributed by atoms with Gasteiger partial charge >= 0.3 is 0 Å². The van der Waals surface area contributed by atoms with Gasteiger partial charge in [-0.15, -0.1) is 11.3 Å². The number of hydrogen-bond donors (Lipinski definition) is 1. The van der Waals surface area contributed by atoms with Crippen molar-refractivity contribution in [3.05, 3.63) is 44.1 Å². The van der Waals surface area contributed by atoms with Crippen LogP contribution in [0.2, 0.25) is 8.67 Å². The molecule has 1 aromatic carbocycles. The average Bonchev–Trinajstić information content (AvgIpc) is 2.79. The van der Waals surface area contributed by atoms with Crippen molar-refractivity contribution < 1.29 is 13.2 Å². The summed E-state index contributed by atoms with van der Waals surface area (Å²) in [5.41, 5.74) is 1.20. The highest BCUT2D eigenvalue weighted by Crippen LogP contribution is 2.32. The number of hydrogen-bond acceptors (Lipinski definition) is 4. The number of nitrogens with zero attached hydrogens (tertiary/aromatic N) is 1. The molecule has 0 unspecified atom stereocenters. The Balaban J connectivity index is 2.35. The van der Waals surface area contributed by atoms with Crippen molar-refractivity contribution in [2.24, 2.45) is 0 Å². The summed E-state index contributed by atoms with van der Waals surface area (Å²) in [7, 11) is -0.695. The summed E-state index contributed by atoms with van der Waals surface area (Å²) in [6.07, 6.45) is 0. The predicted octanol–water partition coefficient (Wildman–Crippen LogP) is 3.87. The average molecular weight is 393 g/mol. The quantitative estimate of drug-likeness (QED) is 0.858. The third-order valence-electron chi connectivity index (χ3n) is 3.11. The van der Waals surface area contributed by atoms with Gasteiger partial charge in [-0.05, 0) is 30.7 Å². The maximum Gasteiger partial charge on any atom is 0.258 e. The molecule has 2 rings (SSSR count). The monoisotopic (exact) mass is 392 g/mol. The zero-order chi connectivity index (χ0) is 17.4. The van der Waals surface area contributed by atoms with Crippen molar-refractivity contribution in [1.29, 1.82) is 0 Å². The third kappa shape index (κ3) is 3.87. The molecule has 1 aromatic heterocycles. The van der Waals surface area contributed by atoms with Gasteiger partial charge in [0.1, 0.15) is 4.34 Å². The zero-order valence-electron chi connectivity index (χ0n) is 12.6. The molecule has 0 aliphatic carbocycles. The van der Waals surface area contributed by atoms with Gasteiger partial charge in [0, 0.05) is 19.8 Å². The van der Waals surface area contributed by atoms with Gasteiger partial charge in [-0.1, -0.05) is 29.3 Å². The Morgan fingerprint density at radius 3 is 2.39 bits per heavy atom. The first-order chi connectivity index (χ1) is 10.6. The number of amides is 1. The molecule has 0 saturated carbocycles. The van der Waals surface area contributed by atoms with Gasteiger partial charge in [0.05, 0.1) is 14.8 Å². The number of halogens is 2. The Bertz CT molecular complexity index is 861. The lowest BCUT2D eigenvalue weighted by Crippen LogP contribution is -2.23. The Kier molecular flexibility index (Phi) is 5.37. The summed E-state index contributed by atoms with van der Waals surface area (Å²) in [4.78, 5) is 12.4. The summed E-state index contributed by atoms with van der Waals surface area (Å²) >= 11 is 12.9. The molecule has 0 bridgehead atoms. The highest BCUT2D eigenvalue weighted by atomic mass is 35.5. The number of carbonyl (C=O) groups excluding carboxylic acids is 1. The number of anilines is 1. The number of carbonyl (C=O) groups is 1. The number of thiophene rings is 1. The smallest absolute Gasteiger partial charge is 0.258 e. The van der Waals surface area contributed by atoms with Crippen molar-refractivity contribution >= 4 is 56.2 Å². The summed E-state index contributed by atoms with van der Waals surface area (Å²) in [6, 6.07) is 6.15. The maximum absolute atomic E-state index is 12.3. The second kappa shape index (κ2) is 6.78. The minimum Gasteiger partial charge on any atom is -0.322 e. The van der Waals surface area contributed by atoms with E-state index in [1.807, 2.05) is 0 Å². The Labute approximate surface area is 148 Å². The SMILES string of the molecule is Cc1ccc(NC(=O)c2cc(Cl)sc2Cl)cc1S(=O)(=O)N(C)C. The second-order valence-corrected chi connectivity index (χ2v) is 9.37. The van der Waals surface area contributed by atoms with Crippen molar-refractivity contribution in [2.45, 2.75) is 11.8 Å². The summed E-state index contributed by atoms with van der Waals surface area (Å²) in [6.45, 7) is 1.69. The topological polar surface area (TPSA) is 66.5 Å². The molecule has 0 saturated heterocycles. The van der Waals surface area contributed by atoms with Gasteiger partial charge in [0.2, 0.25) is 10.0 Å². The van der Waals surface area contributed by atoms with Crippen LogP contribution in [0, 0.1) is 6.92 Å². The van der Waals surface area contributed by atoms with Crippen LogP contribution < -0.4 is 5.32 Å². The van der Waals surface area contributed by atoms with E-state index in [4.69, 9.17) is 23.2 Å². The van der Waals surface area contributed by atoms with Crippen LogP contribution in [0.3, 0.4) is 0 Å². The number of benzene rings is 1. The highest BCUT2D eigenvalue weighted by molar-refractivity contribution is 7.89. The molecule has 5 nitrogen and oxygen atoms in total. The minimum absolute atomic E-state index is 0.134. The van der Waals surface area contributed by atoms with Gasteiger partial charge in [-0.3, -0.25) is 4.79 Å². The first kappa shape index (κ1) is 18.2. The van der Waals surface area contributed by atoms with Crippen LogP contribution in [0.25, 0.3) is 0 Å². The van der Waals surface area contributed by atoms with E-state index in [1.165, 1.54) is 26.2 Å². The molecule has 2 aromatic rings. The number of nitrogens with one attached hydrogen (secondary N) is 1. The lowest BCUT2D eigenvalue weighted by Gasteiger charge is -2.15. The number of aryl methyl sites for hydroxylation is 1. The van der Waals surface area contributed by atoms with Gasteiger partial charge in [0.15, 0.2) is 0 Å². The van der Waals surface area contributed by atoms with E-state index in [0.717, 1.165) is 15.6 Å². The molecular weight excluding hydrogens is 379 g/mol. The molecule has 1 amide bonds. The van der Waals surface area contributed by atoms with E-state index in [0.29, 0.717) is 15.6 Å². The van der Waals surface area contributed by atoms with Crippen LogP contribution in [0.1, 0.15) is 15.9 Å². The van der Waals surface area contributed by atoms with Crippen LogP contribution in [0.4, 0.5) is 5.69 Å². The van der Waals surface area contributed by atoms with Gasteiger partial charge < -0.3 is 5.32 Å². The van der Waals surface area contributed by atoms with E-state index in [-0.39, 0.29) is 14.8 Å². The first-order valence-electron chi connectivity index (χ1n) is 6.42. The van der Waals surface area contributed by atoms with E-state index >= 15 is 0 Å². The van der Waals surface area contributed by atoms with E-state index < -0.39 is 15.9 Å². The van der Waals surface area contributed by atoms with Crippen molar-refractivity contribution in [3.8, 4) is 0 Å².